The first-order chi connectivity index (χ1) is 14.6. The molecule has 1 aliphatic heterocycles. The highest BCUT2D eigenvalue weighted by atomic mass is 19.1. The number of hydrogen-bond acceptors (Lipinski definition) is 4. The van der Waals surface area contributed by atoms with Crippen LogP contribution in [-0.2, 0) is 4.74 Å². The van der Waals surface area contributed by atoms with Crippen LogP contribution >= 0.6 is 0 Å². The van der Waals surface area contributed by atoms with E-state index in [-0.39, 0.29) is 23.6 Å². The molecule has 0 aliphatic carbocycles. The van der Waals surface area contributed by atoms with Crippen molar-refractivity contribution in [1.29, 1.82) is 0 Å². The Morgan fingerprint density at radius 2 is 1.80 bits per heavy atom. The van der Waals surface area contributed by atoms with Crippen molar-refractivity contribution in [3.05, 3.63) is 77.8 Å². The Labute approximate surface area is 173 Å². The summed E-state index contributed by atoms with van der Waals surface area (Å²) in [5, 5.41) is 5.58. The third-order valence-corrected chi connectivity index (χ3v) is 4.89. The summed E-state index contributed by atoms with van der Waals surface area (Å²) in [4.78, 5) is 25.2. The molecule has 1 aliphatic rings. The average molecular weight is 408 g/mol. The summed E-state index contributed by atoms with van der Waals surface area (Å²) in [5.74, 6) is -0.583. The van der Waals surface area contributed by atoms with Crippen molar-refractivity contribution in [3.63, 3.8) is 0 Å². The number of carbonyl (C=O) groups is 2. The van der Waals surface area contributed by atoms with E-state index in [1.165, 1.54) is 18.2 Å². The van der Waals surface area contributed by atoms with Crippen LogP contribution in [-0.4, -0.2) is 31.1 Å². The minimum absolute atomic E-state index is 0.0312. The highest BCUT2D eigenvalue weighted by Gasteiger charge is 2.19. The van der Waals surface area contributed by atoms with Gasteiger partial charge >= 0.3 is 0 Å². The van der Waals surface area contributed by atoms with Crippen LogP contribution in [0.3, 0.4) is 0 Å². The molecule has 30 heavy (non-hydrogen) atoms. The van der Waals surface area contributed by atoms with Crippen LogP contribution in [0.5, 0.6) is 0 Å². The number of halogens is 1. The van der Waals surface area contributed by atoms with Gasteiger partial charge in [-0.25, -0.2) is 4.39 Å². The molecule has 2 heterocycles. The number of anilines is 1. The number of nitrogens with one attached hydrogen (secondary N) is 2. The van der Waals surface area contributed by atoms with Gasteiger partial charge in [-0.2, -0.15) is 0 Å². The van der Waals surface area contributed by atoms with Crippen LogP contribution in [0.4, 0.5) is 10.1 Å². The molecule has 154 valence electrons. The Balaban J connectivity index is 1.44. The first kappa shape index (κ1) is 19.8. The Kier molecular flexibility index (Phi) is 5.90. The second-order valence-corrected chi connectivity index (χ2v) is 7.02. The topological polar surface area (TPSA) is 80.6 Å². The van der Waals surface area contributed by atoms with Gasteiger partial charge in [0.25, 0.3) is 11.8 Å². The van der Waals surface area contributed by atoms with Crippen LogP contribution in [0.15, 0.2) is 65.1 Å². The summed E-state index contributed by atoms with van der Waals surface area (Å²) in [6.45, 7) is 1.15. The van der Waals surface area contributed by atoms with Crippen LogP contribution in [0.25, 0.3) is 11.3 Å². The highest BCUT2D eigenvalue weighted by Crippen LogP contribution is 2.24. The van der Waals surface area contributed by atoms with E-state index in [1.54, 1.807) is 42.5 Å². The molecule has 4 rings (SSSR count). The van der Waals surface area contributed by atoms with E-state index in [9.17, 15) is 14.0 Å². The molecule has 2 aromatic carbocycles. The summed E-state index contributed by atoms with van der Waals surface area (Å²) in [7, 11) is 0. The molecule has 1 aromatic heterocycles. The zero-order chi connectivity index (χ0) is 20.9. The molecule has 1 unspecified atom stereocenters. The summed E-state index contributed by atoms with van der Waals surface area (Å²) < 4.78 is 24.2. The molecule has 0 bridgehead atoms. The number of ether oxygens (including phenoxy) is 1. The van der Waals surface area contributed by atoms with Crippen LogP contribution in [0.1, 0.15) is 33.8 Å². The number of benzene rings is 2. The lowest BCUT2D eigenvalue weighted by molar-refractivity contribution is 0.0858. The number of carbonyl (C=O) groups excluding carboxylic acids is 2. The van der Waals surface area contributed by atoms with Gasteiger partial charge < -0.3 is 19.8 Å². The van der Waals surface area contributed by atoms with E-state index in [0.717, 1.165) is 19.4 Å². The fourth-order valence-electron chi connectivity index (χ4n) is 3.31. The van der Waals surface area contributed by atoms with E-state index < -0.39 is 5.91 Å². The standard InChI is InChI=1S/C23H21FN2O4/c24-16-9-7-15(8-10-16)20-11-12-21(30-20)23(28)26-19-6-2-1-5-18(19)22(27)25-14-17-4-3-13-29-17/h1-2,5-12,17H,3-4,13-14H2,(H,25,27)(H,26,28). The molecule has 7 heteroatoms. The predicted octanol–water partition coefficient (Wildman–Crippen LogP) is 4.25. The van der Waals surface area contributed by atoms with Gasteiger partial charge in [0.2, 0.25) is 0 Å². The monoisotopic (exact) mass is 408 g/mol. The second kappa shape index (κ2) is 8.92. The SMILES string of the molecule is O=C(Nc1ccccc1C(=O)NCC1CCCO1)c1ccc(-c2ccc(F)cc2)o1. The third kappa shape index (κ3) is 4.58. The highest BCUT2D eigenvalue weighted by molar-refractivity contribution is 6.08. The fraction of sp³-hybridized carbons (Fsp3) is 0.217. The van der Waals surface area contributed by atoms with Gasteiger partial charge in [0.05, 0.1) is 17.4 Å². The molecular weight excluding hydrogens is 387 g/mol. The van der Waals surface area contributed by atoms with Gasteiger partial charge in [0, 0.05) is 18.7 Å². The van der Waals surface area contributed by atoms with Gasteiger partial charge in [-0.15, -0.1) is 0 Å². The summed E-state index contributed by atoms with van der Waals surface area (Å²) in [6, 6.07) is 15.7. The molecule has 2 amide bonds. The van der Waals surface area contributed by atoms with Gasteiger partial charge in [-0.1, -0.05) is 12.1 Å². The fourth-order valence-corrected chi connectivity index (χ4v) is 3.31. The smallest absolute Gasteiger partial charge is 0.291 e. The van der Waals surface area contributed by atoms with Crippen molar-refractivity contribution >= 4 is 17.5 Å². The summed E-state index contributed by atoms with van der Waals surface area (Å²) in [5.41, 5.74) is 1.39. The van der Waals surface area contributed by atoms with Gasteiger partial charge in [0.1, 0.15) is 11.6 Å². The van der Waals surface area contributed by atoms with Crippen LogP contribution < -0.4 is 10.6 Å². The van der Waals surface area contributed by atoms with Crippen molar-refractivity contribution in [2.75, 3.05) is 18.5 Å². The molecule has 0 saturated carbocycles. The molecule has 0 spiro atoms. The Bertz CT molecular complexity index is 1040. The van der Waals surface area contributed by atoms with Crippen molar-refractivity contribution in [1.82, 2.24) is 5.32 Å². The van der Waals surface area contributed by atoms with E-state index >= 15 is 0 Å². The number of rotatable bonds is 6. The van der Waals surface area contributed by atoms with Crippen LogP contribution in [0, 0.1) is 5.82 Å². The number of para-hydroxylation sites is 1. The first-order valence-corrected chi connectivity index (χ1v) is 9.76. The van der Waals surface area contributed by atoms with Crippen LogP contribution in [0.2, 0.25) is 0 Å². The average Bonchev–Trinajstić information content (AvgIpc) is 3.45. The third-order valence-electron chi connectivity index (χ3n) is 4.89. The minimum atomic E-state index is -0.484. The largest absolute Gasteiger partial charge is 0.451 e. The first-order valence-electron chi connectivity index (χ1n) is 9.76. The van der Waals surface area contributed by atoms with Crippen molar-refractivity contribution in [2.45, 2.75) is 18.9 Å². The molecule has 3 aromatic rings. The lowest BCUT2D eigenvalue weighted by atomic mass is 10.1. The van der Waals surface area contributed by atoms with Gasteiger partial charge in [-0.05, 0) is 61.4 Å². The summed E-state index contributed by atoms with van der Waals surface area (Å²) >= 11 is 0. The molecule has 0 radical (unpaired) electrons. The Hall–Kier alpha value is -3.45. The van der Waals surface area contributed by atoms with E-state index in [2.05, 4.69) is 10.6 Å². The molecule has 1 fully saturated rings. The molecule has 2 N–H and O–H groups in total. The number of amides is 2. The van der Waals surface area contributed by atoms with E-state index in [0.29, 0.717) is 29.1 Å². The van der Waals surface area contributed by atoms with Gasteiger partial charge in [0.15, 0.2) is 5.76 Å². The molecule has 1 saturated heterocycles. The molecule has 6 nitrogen and oxygen atoms in total. The molecule has 1 atom stereocenters. The summed E-state index contributed by atoms with van der Waals surface area (Å²) in [6.07, 6.45) is 1.95. The number of hydrogen-bond donors (Lipinski definition) is 2. The maximum Gasteiger partial charge on any atom is 0.291 e. The van der Waals surface area contributed by atoms with Crippen molar-refractivity contribution in [2.24, 2.45) is 0 Å². The van der Waals surface area contributed by atoms with Crippen molar-refractivity contribution < 1.29 is 23.1 Å². The molecular formula is C23H21FN2O4. The quantitative estimate of drug-likeness (QED) is 0.639. The minimum Gasteiger partial charge on any atom is -0.451 e. The maximum atomic E-state index is 13.1. The lowest BCUT2D eigenvalue weighted by Gasteiger charge is -2.13. The maximum absolute atomic E-state index is 13.1. The number of furan rings is 1. The normalized spacial score (nSPS) is 15.7. The van der Waals surface area contributed by atoms with Gasteiger partial charge in [-0.3, -0.25) is 9.59 Å². The van der Waals surface area contributed by atoms with Crippen molar-refractivity contribution in [3.8, 4) is 11.3 Å². The van der Waals surface area contributed by atoms with E-state index in [1.807, 2.05) is 0 Å². The second-order valence-electron chi connectivity index (χ2n) is 7.02. The van der Waals surface area contributed by atoms with E-state index in [4.69, 9.17) is 9.15 Å². The zero-order valence-electron chi connectivity index (χ0n) is 16.2. The Morgan fingerprint density at radius 3 is 2.57 bits per heavy atom. The predicted molar refractivity (Wildman–Crippen MR) is 110 cm³/mol. The zero-order valence-corrected chi connectivity index (χ0v) is 16.2. The Morgan fingerprint density at radius 1 is 1.00 bits per heavy atom. The lowest BCUT2D eigenvalue weighted by Crippen LogP contribution is -2.32.